The smallest absolute Gasteiger partial charge is 0.283 e. The number of carbonyl (C=O) groups excluding carboxylic acids is 1. The van der Waals surface area contributed by atoms with E-state index in [9.17, 15) is 13.2 Å². The van der Waals surface area contributed by atoms with E-state index in [-0.39, 0.29) is 21.0 Å². The first-order valence-corrected chi connectivity index (χ1v) is 12.8. The molecule has 3 heterocycles. The van der Waals surface area contributed by atoms with Gasteiger partial charge in [-0.05, 0) is 36.4 Å². The van der Waals surface area contributed by atoms with Crippen molar-refractivity contribution in [1.29, 1.82) is 5.41 Å². The van der Waals surface area contributed by atoms with Crippen LogP contribution in [0.1, 0.15) is 16.7 Å². The van der Waals surface area contributed by atoms with Gasteiger partial charge in [-0.15, -0.1) is 5.10 Å². The zero-order valence-corrected chi connectivity index (χ0v) is 19.4. The summed E-state index contributed by atoms with van der Waals surface area (Å²) in [4.78, 5) is 16.7. The number of benzene rings is 2. The molecule has 2 aromatic carbocycles. The first-order chi connectivity index (χ1) is 15.7. The van der Waals surface area contributed by atoms with Crippen LogP contribution in [0.2, 0.25) is 0 Å². The molecule has 1 amide bonds. The van der Waals surface area contributed by atoms with Crippen LogP contribution in [-0.4, -0.2) is 45.5 Å². The minimum atomic E-state index is -3.58. The molecule has 2 aliphatic heterocycles. The van der Waals surface area contributed by atoms with Gasteiger partial charge in [-0.1, -0.05) is 48.0 Å². The number of nitrogens with zero attached hydrogens (tertiary/aromatic N) is 4. The first-order valence-electron chi connectivity index (χ1n) is 10.0. The van der Waals surface area contributed by atoms with Gasteiger partial charge < -0.3 is 4.57 Å². The highest BCUT2D eigenvalue weighted by Gasteiger charge is 2.38. The number of thioether (sulfide) groups is 1. The van der Waals surface area contributed by atoms with Gasteiger partial charge in [-0.3, -0.25) is 10.2 Å². The van der Waals surface area contributed by atoms with Crippen molar-refractivity contribution in [3.63, 3.8) is 0 Å². The molecule has 0 radical (unpaired) electrons. The van der Waals surface area contributed by atoms with Crippen molar-refractivity contribution in [2.45, 2.75) is 13.5 Å². The van der Waals surface area contributed by atoms with E-state index >= 15 is 0 Å². The summed E-state index contributed by atoms with van der Waals surface area (Å²) in [5, 5.41) is 14.6. The lowest BCUT2D eigenvalue weighted by Crippen LogP contribution is -2.35. The average molecular weight is 478 g/mol. The van der Waals surface area contributed by atoms with Crippen molar-refractivity contribution < 1.29 is 13.2 Å². The number of sulfone groups is 1. The third-order valence-corrected chi connectivity index (χ3v) is 7.89. The van der Waals surface area contributed by atoms with Gasteiger partial charge in [0.05, 0.1) is 5.57 Å². The highest BCUT2D eigenvalue weighted by atomic mass is 32.3. The summed E-state index contributed by atoms with van der Waals surface area (Å²) in [5.74, 6) is -0.800. The van der Waals surface area contributed by atoms with Gasteiger partial charge in [0.1, 0.15) is 0 Å². The van der Waals surface area contributed by atoms with Crippen LogP contribution < -0.4 is 0 Å². The molecule has 0 atom stereocenters. The third kappa shape index (κ3) is 3.91. The van der Waals surface area contributed by atoms with E-state index in [4.69, 9.17) is 5.41 Å². The number of carbonyl (C=O) groups is 1. The number of nitrogens with one attached hydrogen (secondary N) is 1. The van der Waals surface area contributed by atoms with Crippen molar-refractivity contribution >= 4 is 59.9 Å². The van der Waals surface area contributed by atoms with Crippen molar-refractivity contribution in [1.82, 2.24) is 9.58 Å². The standard InChI is InChI=1S/C23H19N5O3S2/c1-14-6-5-7-15(10-14)12-27-13-16(17-8-3-4-9-19(17)27)11-18-20(24)28-22(25-21(18)29)32-23(26-28)33(2,30)31/h3-11,13,24H,12H2,1-2H3/b18-11-,24-20?. The van der Waals surface area contributed by atoms with Crippen LogP contribution in [0.4, 0.5) is 0 Å². The lowest BCUT2D eigenvalue weighted by molar-refractivity contribution is -0.114. The molecule has 2 aliphatic rings. The van der Waals surface area contributed by atoms with E-state index in [2.05, 4.69) is 39.8 Å². The summed E-state index contributed by atoms with van der Waals surface area (Å²) >= 11 is 0.771. The van der Waals surface area contributed by atoms with E-state index in [0.29, 0.717) is 6.54 Å². The van der Waals surface area contributed by atoms with Crippen LogP contribution >= 0.6 is 11.8 Å². The third-order valence-electron chi connectivity index (χ3n) is 5.31. The molecule has 0 aliphatic carbocycles. The summed E-state index contributed by atoms with van der Waals surface area (Å²) < 4.78 is 25.6. The van der Waals surface area contributed by atoms with Crippen LogP contribution in [0.25, 0.3) is 17.0 Å². The average Bonchev–Trinajstić information content (AvgIpc) is 3.34. The van der Waals surface area contributed by atoms with Gasteiger partial charge in [0.25, 0.3) is 5.91 Å². The molecule has 1 N–H and O–H groups in total. The van der Waals surface area contributed by atoms with Crippen molar-refractivity contribution in [2.24, 2.45) is 10.1 Å². The number of amides is 1. The number of aromatic nitrogens is 1. The highest BCUT2D eigenvalue weighted by molar-refractivity contribution is 8.42. The minimum Gasteiger partial charge on any atom is -0.342 e. The van der Waals surface area contributed by atoms with Gasteiger partial charge in [-0.2, -0.15) is 10.0 Å². The summed E-state index contributed by atoms with van der Waals surface area (Å²) in [6.07, 6.45) is 4.60. The molecule has 3 aromatic rings. The maximum absolute atomic E-state index is 12.7. The Kier molecular flexibility index (Phi) is 5.06. The molecule has 0 bridgehead atoms. The second-order valence-electron chi connectivity index (χ2n) is 7.88. The van der Waals surface area contributed by atoms with Crippen LogP contribution in [-0.2, 0) is 21.2 Å². The Morgan fingerprint density at radius 3 is 2.70 bits per heavy atom. The summed E-state index contributed by atoms with van der Waals surface area (Å²) in [5.41, 5.74) is 4.15. The number of amidine groups is 2. The maximum Gasteiger partial charge on any atom is 0.283 e. The van der Waals surface area contributed by atoms with Crippen molar-refractivity contribution in [3.05, 3.63) is 77.0 Å². The molecule has 0 saturated carbocycles. The molecule has 1 aromatic heterocycles. The number of fused-ring (bicyclic) bond motifs is 2. The quantitative estimate of drug-likeness (QED) is 0.580. The molecule has 5 rings (SSSR count). The number of para-hydroxylation sites is 1. The fraction of sp³-hybridized carbons (Fsp3) is 0.130. The number of rotatable bonds is 3. The van der Waals surface area contributed by atoms with Gasteiger partial charge in [-0.25, -0.2) is 8.42 Å². The Balaban J connectivity index is 1.57. The van der Waals surface area contributed by atoms with Crippen LogP contribution in [0, 0.1) is 12.3 Å². The van der Waals surface area contributed by atoms with Crippen LogP contribution in [0.3, 0.4) is 0 Å². The van der Waals surface area contributed by atoms with E-state index in [0.717, 1.165) is 45.1 Å². The molecule has 0 unspecified atom stereocenters. The van der Waals surface area contributed by atoms with Gasteiger partial charge >= 0.3 is 0 Å². The molecule has 0 fully saturated rings. The summed E-state index contributed by atoms with van der Waals surface area (Å²) in [6.45, 7) is 2.71. The van der Waals surface area contributed by atoms with Crippen molar-refractivity contribution in [2.75, 3.05) is 6.26 Å². The van der Waals surface area contributed by atoms with Crippen LogP contribution in [0.5, 0.6) is 0 Å². The lowest BCUT2D eigenvalue weighted by atomic mass is 10.1. The number of aliphatic imine (C=N–C) groups is 1. The molecule has 0 spiro atoms. The van der Waals surface area contributed by atoms with Crippen molar-refractivity contribution in [3.8, 4) is 0 Å². The Morgan fingerprint density at radius 2 is 1.94 bits per heavy atom. The second-order valence-corrected chi connectivity index (χ2v) is 11.0. The first kappa shape index (κ1) is 21.4. The molecule has 0 saturated heterocycles. The van der Waals surface area contributed by atoms with Gasteiger partial charge in [0.15, 0.2) is 5.84 Å². The molecule has 33 heavy (non-hydrogen) atoms. The topological polar surface area (TPSA) is 108 Å². The predicted molar refractivity (Wildman–Crippen MR) is 132 cm³/mol. The van der Waals surface area contributed by atoms with Crippen LogP contribution in [0.15, 0.2) is 70.4 Å². The largest absolute Gasteiger partial charge is 0.342 e. The lowest BCUT2D eigenvalue weighted by Gasteiger charge is -2.19. The van der Waals surface area contributed by atoms with E-state index in [1.807, 2.05) is 36.5 Å². The molecule has 8 nitrogen and oxygen atoms in total. The normalized spacial score (nSPS) is 17.5. The van der Waals surface area contributed by atoms with E-state index in [1.54, 1.807) is 6.08 Å². The van der Waals surface area contributed by atoms with Gasteiger partial charge in [0, 0.05) is 35.5 Å². The van der Waals surface area contributed by atoms with E-state index < -0.39 is 15.7 Å². The molecule has 10 heteroatoms. The zero-order valence-electron chi connectivity index (χ0n) is 17.8. The SMILES string of the molecule is Cc1cccc(Cn2cc(/C=C3/C(=N)N4N=C(S(C)(=O)=O)SC4=NC3=O)c3ccccc32)c1. The summed E-state index contributed by atoms with van der Waals surface area (Å²) in [6, 6.07) is 16.1. The number of hydrogen-bond donors (Lipinski definition) is 1. The number of aryl methyl sites for hydroxylation is 1. The molecular weight excluding hydrogens is 458 g/mol. The van der Waals surface area contributed by atoms with E-state index in [1.165, 1.54) is 5.56 Å². The Bertz CT molecular complexity index is 1550. The predicted octanol–water partition coefficient (Wildman–Crippen LogP) is 3.62. The monoisotopic (exact) mass is 477 g/mol. The van der Waals surface area contributed by atoms with Gasteiger partial charge in [0.2, 0.25) is 19.4 Å². The number of hydrogen-bond acceptors (Lipinski definition) is 6. The molecule has 166 valence electrons. The molecular formula is C23H19N5O3S2. The maximum atomic E-state index is 12.7. The fourth-order valence-electron chi connectivity index (χ4n) is 3.81. The second kappa shape index (κ2) is 7.82. The number of hydrazone groups is 1. The zero-order chi connectivity index (χ0) is 23.3. The Labute approximate surface area is 194 Å². The fourth-order valence-corrected chi connectivity index (χ4v) is 5.49. The summed E-state index contributed by atoms with van der Waals surface area (Å²) in [7, 11) is -3.58. The Morgan fingerprint density at radius 1 is 1.15 bits per heavy atom. The Hall–Kier alpha value is -3.50. The minimum absolute atomic E-state index is 0.0521. The highest BCUT2D eigenvalue weighted by Crippen LogP contribution is 2.31.